The standard InChI is InChI=1S/C10H18N2O5/c1-3-5(2)8(11)9(15)12-6(10(16)17)4-7(13)14/h5-6,8H,3-4,11H2,1-2H3,(H,12,15)(H,13,14)(H,16,17). The molecule has 0 saturated carbocycles. The molecule has 0 aromatic carbocycles. The molecule has 0 radical (unpaired) electrons. The number of rotatable bonds is 7. The van der Waals surface area contributed by atoms with Crippen LogP contribution in [0.25, 0.3) is 0 Å². The van der Waals surface area contributed by atoms with Crippen LogP contribution >= 0.6 is 0 Å². The summed E-state index contributed by atoms with van der Waals surface area (Å²) >= 11 is 0. The van der Waals surface area contributed by atoms with Crippen LogP contribution in [0.5, 0.6) is 0 Å². The molecule has 0 saturated heterocycles. The van der Waals surface area contributed by atoms with Gasteiger partial charge < -0.3 is 21.3 Å². The summed E-state index contributed by atoms with van der Waals surface area (Å²) in [5.74, 6) is -3.44. The lowest BCUT2D eigenvalue weighted by atomic mass is 9.99. The van der Waals surface area contributed by atoms with Crippen LogP contribution < -0.4 is 11.1 Å². The van der Waals surface area contributed by atoms with Gasteiger partial charge in [0.25, 0.3) is 0 Å². The summed E-state index contributed by atoms with van der Waals surface area (Å²) in [5.41, 5.74) is 5.60. The summed E-state index contributed by atoms with van der Waals surface area (Å²) in [5, 5.41) is 19.3. The highest BCUT2D eigenvalue weighted by Gasteiger charge is 2.27. The first-order chi connectivity index (χ1) is 7.79. The van der Waals surface area contributed by atoms with E-state index in [2.05, 4.69) is 5.32 Å². The second-order valence-corrected chi connectivity index (χ2v) is 3.91. The summed E-state index contributed by atoms with van der Waals surface area (Å²) in [6.07, 6.45) is -0.000442. The summed E-state index contributed by atoms with van der Waals surface area (Å²) < 4.78 is 0. The van der Waals surface area contributed by atoms with E-state index in [0.717, 1.165) is 0 Å². The molecule has 5 N–H and O–H groups in total. The monoisotopic (exact) mass is 246 g/mol. The van der Waals surface area contributed by atoms with E-state index >= 15 is 0 Å². The lowest BCUT2D eigenvalue weighted by molar-refractivity contribution is -0.147. The van der Waals surface area contributed by atoms with Gasteiger partial charge >= 0.3 is 11.9 Å². The third-order valence-electron chi connectivity index (χ3n) is 2.55. The molecule has 0 heterocycles. The van der Waals surface area contributed by atoms with Crippen molar-refractivity contribution >= 4 is 17.8 Å². The minimum absolute atomic E-state index is 0.103. The molecule has 3 atom stereocenters. The molecule has 17 heavy (non-hydrogen) atoms. The normalized spacial score (nSPS) is 15.7. The van der Waals surface area contributed by atoms with E-state index in [1.54, 1.807) is 6.92 Å². The van der Waals surface area contributed by atoms with Crippen LogP contribution in [0.15, 0.2) is 0 Å². The molecule has 0 bridgehead atoms. The van der Waals surface area contributed by atoms with E-state index < -0.39 is 36.4 Å². The second kappa shape index (κ2) is 6.85. The number of amides is 1. The summed E-state index contributed by atoms with van der Waals surface area (Å²) in [6.45, 7) is 3.61. The molecule has 0 aliphatic rings. The molecular formula is C10H18N2O5. The van der Waals surface area contributed by atoms with Gasteiger partial charge in [0.2, 0.25) is 5.91 Å². The van der Waals surface area contributed by atoms with E-state index in [1.165, 1.54) is 0 Å². The maximum absolute atomic E-state index is 11.5. The number of hydrogen-bond donors (Lipinski definition) is 4. The second-order valence-electron chi connectivity index (χ2n) is 3.91. The first kappa shape index (κ1) is 15.4. The molecule has 0 aromatic heterocycles. The highest BCUT2D eigenvalue weighted by atomic mass is 16.4. The molecule has 1 amide bonds. The number of hydrogen-bond acceptors (Lipinski definition) is 4. The number of nitrogens with one attached hydrogen (secondary N) is 1. The van der Waals surface area contributed by atoms with Crippen LogP contribution in [0.2, 0.25) is 0 Å². The summed E-state index contributed by atoms with van der Waals surface area (Å²) in [7, 11) is 0. The Morgan fingerprint density at radius 3 is 2.18 bits per heavy atom. The van der Waals surface area contributed by atoms with Gasteiger partial charge in [0.1, 0.15) is 6.04 Å². The number of carbonyl (C=O) groups excluding carboxylic acids is 1. The quantitative estimate of drug-likeness (QED) is 0.474. The number of carbonyl (C=O) groups is 3. The maximum Gasteiger partial charge on any atom is 0.326 e. The molecule has 0 aromatic rings. The zero-order chi connectivity index (χ0) is 13.6. The molecular weight excluding hydrogens is 228 g/mol. The van der Waals surface area contributed by atoms with E-state index in [1.807, 2.05) is 6.92 Å². The van der Waals surface area contributed by atoms with Crippen molar-refractivity contribution < 1.29 is 24.6 Å². The minimum Gasteiger partial charge on any atom is -0.481 e. The Kier molecular flexibility index (Phi) is 6.19. The molecule has 7 nitrogen and oxygen atoms in total. The Morgan fingerprint density at radius 1 is 1.29 bits per heavy atom. The lowest BCUT2D eigenvalue weighted by Crippen LogP contribution is -2.51. The van der Waals surface area contributed by atoms with Gasteiger partial charge in [-0.05, 0) is 5.92 Å². The van der Waals surface area contributed by atoms with Crippen molar-refractivity contribution in [2.45, 2.75) is 38.8 Å². The van der Waals surface area contributed by atoms with Gasteiger partial charge in [0.15, 0.2) is 0 Å². The fourth-order valence-electron chi connectivity index (χ4n) is 1.15. The van der Waals surface area contributed by atoms with Crippen LogP contribution in [0.4, 0.5) is 0 Å². The highest BCUT2D eigenvalue weighted by molar-refractivity contribution is 5.89. The number of aliphatic carboxylic acids is 2. The van der Waals surface area contributed by atoms with Gasteiger partial charge in [-0.2, -0.15) is 0 Å². The average molecular weight is 246 g/mol. The minimum atomic E-state index is -1.45. The molecule has 0 aliphatic carbocycles. The van der Waals surface area contributed by atoms with E-state index in [4.69, 9.17) is 15.9 Å². The Labute approximate surface area is 99.0 Å². The van der Waals surface area contributed by atoms with Gasteiger partial charge in [0.05, 0.1) is 12.5 Å². The smallest absolute Gasteiger partial charge is 0.326 e. The Balaban J connectivity index is 4.50. The molecule has 0 aliphatic heterocycles. The van der Waals surface area contributed by atoms with Crippen molar-refractivity contribution in [1.82, 2.24) is 5.32 Å². The number of nitrogens with two attached hydrogens (primary N) is 1. The predicted octanol–water partition coefficient (Wildman–Crippen LogP) is -0.596. The van der Waals surface area contributed by atoms with Crippen LogP contribution in [0, 0.1) is 5.92 Å². The average Bonchev–Trinajstić information content (AvgIpc) is 2.25. The zero-order valence-electron chi connectivity index (χ0n) is 9.84. The lowest BCUT2D eigenvalue weighted by Gasteiger charge is -2.20. The zero-order valence-corrected chi connectivity index (χ0v) is 9.84. The van der Waals surface area contributed by atoms with Crippen LogP contribution in [-0.2, 0) is 14.4 Å². The van der Waals surface area contributed by atoms with E-state index in [0.29, 0.717) is 6.42 Å². The maximum atomic E-state index is 11.5. The van der Waals surface area contributed by atoms with Crippen molar-refractivity contribution in [2.75, 3.05) is 0 Å². The van der Waals surface area contributed by atoms with Crippen molar-refractivity contribution in [3.05, 3.63) is 0 Å². The topological polar surface area (TPSA) is 130 Å². The van der Waals surface area contributed by atoms with Gasteiger partial charge in [0, 0.05) is 0 Å². The van der Waals surface area contributed by atoms with E-state index in [-0.39, 0.29) is 5.92 Å². The molecule has 7 heteroatoms. The molecule has 98 valence electrons. The Morgan fingerprint density at radius 2 is 1.82 bits per heavy atom. The van der Waals surface area contributed by atoms with Crippen molar-refractivity contribution in [3.8, 4) is 0 Å². The Bertz CT molecular complexity index is 305. The highest BCUT2D eigenvalue weighted by Crippen LogP contribution is 2.06. The van der Waals surface area contributed by atoms with Gasteiger partial charge in [-0.25, -0.2) is 4.79 Å². The number of carboxylic acids is 2. The third-order valence-corrected chi connectivity index (χ3v) is 2.55. The first-order valence-corrected chi connectivity index (χ1v) is 5.30. The molecule has 0 rings (SSSR count). The predicted molar refractivity (Wildman–Crippen MR) is 59.2 cm³/mol. The summed E-state index contributed by atoms with van der Waals surface area (Å²) in [4.78, 5) is 32.7. The van der Waals surface area contributed by atoms with E-state index in [9.17, 15) is 14.4 Å². The van der Waals surface area contributed by atoms with Gasteiger partial charge in [-0.3, -0.25) is 9.59 Å². The Hall–Kier alpha value is -1.63. The molecule has 0 spiro atoms. The van der Waals surface area contributed by atoms with Crippen LogP contribution in [0.1, 0.15) is 26.7 Å². The first-order valence-electron chi connectivity index (χ1n) is 5.30. The van der Waals surface area contributed by atoms with Crippen molar-refractivity contribution in [1.29, 1.82) is 0 Å². The SMILES string of the molecule is CCC(C)C(N)C(=O)NC(CC(=O)O)C(=O)O. The largest absolute Gasteiger partial charge is 0.481 e. The van der Waals surface area contributed by atoms with Crippen LogP contribution in [-0.4, -0.2) is 40.1 Å². The van der Waals surface area contributed by atoms with Crippen molar-refractivity contribution in [3.63, 3.8) is 0 Å². The van der Waals surface area contributed by atoms with Gasteiger partial charge in [-0.15, -0.1) is 0 Å². The van der Waals surface area contributed by atoms with Gasteiger partial charge in [-0.1, -0.05) is 20.3 Å². The fraction of sp³-hybridized carbons (Fsp3) is 0.700. The third kappa shape index (κ3) is 5.30. The van der Waals surface area contributed by atoms with Crippen molar-refractivity contribution in [2.24, 2.45) is 11.7 Å². The summed E-state index contributed by atoms with van der Waals surface area (Å²) in [6, 6.07) is -2.29. The number of carboxylic acid groups (broad SMARTS) is 2. The fourth-order valence-corrected chi connectivity index (χ4v) is 1.15. The molecule has 0 fully saturated rings. The van der Waals surface area contributed by atoms with Crippen LogP contribution in [0.3, 0.4) is 0 Å². The molecule has 3 unspecified atom stereocenters.